The molecule has 1 aliphatic rings. The fourth-order valence-corrected chi connectivity index (χ4v) is 0.833. The predicted molar refractivity (Wildman–Crippen MR) is 34.7 cm³/mol. The molecule has 1 aliphatic heterocycles. The van der Waals surface area contributed by atoms with Gasteiger partial charge in [0.15, 0.2) is 24.1 Å². The van der Waals surface area contributed by atoms with Crippen LogP contribution < -0.4 is 0 Å². The van der Waals surface area contributed by atoms with Crippen LogP contribution in [0.3, 0.4) is 0 Å². The second-order valence-electron chi connectivity index (χ2n) is 2.11. The minimum absolute atomic E-state index is 0.289. The highest BCUT2D eigenvalue weighted by Crippen LogP contribution is 2.11. The minimum atomic E-state index is -1.24. The summed E-state index contributed by atoms with van der Waals surface area (Å²) in [5.74, 6) is -3.08. The molecular weight excluding hydrogens is 148 g/mol. The summed E-state index contributed by atoms with van der Waals surface area (Å²) in [7, 11) is 0. The first-order valence-electron chi connectivity index (χ1n) is 3.02. The molecule has 1 saturated heterocycles. The van der Waals surface area contributed by atoms with Crippen LogP contribution in [0.15, 0.2) is 12.7 Å². The molecule has 0 aromatic carbocycles. The molecule has 0 aliphatic carbocycles. The summed E-state index contributed by atoms with van der Waals surface area (Å²) in [6, 6.07) is 0. The van der Waals surface area contributed by atoms with Crippen molar-refractivity contribution in [2.24, 2.45) is 5.92 Å². The third-order valence-corrected chi connectivity index (χ3v) is 1.40. The van der Waals surface area contributed by atoms with E-state index in [0.717, 1.165) is 6.08 Å². The maximum atomic E-state index is 10.8. The predicted octanol–water partition coefficient (Wildman–Crippen LogP) is -0.516. The van der Waals surface area contributed by atoms with Crippen LogP contribution >= 0.6 is 0 Å². The van der Waals surface area contributed by atoms with Gasteiger partial charge in [0, 0.05) is 0 Å². The number of ketones is 2. The van der Waals surface area contributed by atoms with E-state index in [-0.39, 0.29) is 6.61 Å². The molecule has 1 heterocycles. The van der Waals surface area contributed by atoms with Gasteiger partial charge in [0.1, 0.15) is 0 Å². The smallest absolute Gasteiger partial charge is 0.325 e. The number of carbonyl (C=O) groups excluding carboxylic acids is 3. The fraction of sp³-hybridized carbons (Fsp3) is 0.286. The van der Waals surface area contributed by atoms with E-state index in [0.29, 0.717) is 0 Å². The summed E-state index contributed by atoms with van der Waals surface area (Å²) in [5.41, 5.74) is 0. The average Bonchev–Trinajstić information content (AvgIpc) is 2.30. The first-order valence-corrected chi connectivity index (χ1v) is 3.02. The molecule has 0 N–H and O–H groups in total. The third kappa shape index (κ3) is 1.19. The highest BCUT2D eigenvalue weighted by molar-refractivity contribution is 6.23. The number of Topliss-reactive ketones (excluding diaryl/α,β-unsaturated/α-hetero) is 1. The van der Waals surface area contributed by atoms with Crippen LogP contribution in [-0.2, 0) is 19.1 Å². The number of allylic oxidation sites excluding steroid dienone is 1. The number of cyclic esters (lactones) is 1. The van der Waals surface area contributed by atoms with E-state index >= 15 is 0 Å². The molecule has 1 unspecified atom stereocenters. The van der Waals surface area contributed by atoms with Crippen molar-refractivity contribution in [2.45, 2.75) is 0 Å². The number of rotatable bonds is 2. The van der Waals surface area contributed by atoms with Crippen molar-refractivity contribution in [1.82, 2.24) is 0 Å². The van der Waals surface area contributed by atoms with Crippen LogP contribution in [0.25, 0.3) is 0 Å². The summed E-state index contributed by atoms with van der Waals surface area (Å²) in [6.07, 6.45) is 0.954. The Labute approximate surface area is 62.8 Å². The van der Waals surface area contributed by atoms with E-state index in [9.17, 15) is 14.4 Å². The molecule has 0 spiro atoms. The Morgan fingerprint density at radius 1 is 1.64 bits per heavy atom. The molecule has 0 radical (unpaired) electrons. The van der Waals surface area contributed by atoms with Crippen LogP contribution in [0.1, 0.15) is 0 Å². The lowest BCUT2D eigenvalue weighted by molar-refractivity contribution is -0.143. The standard InChI is InChI=1S/C7H6O4/c1-2-4(8)6-5(9)3-11-7(6)10/h2,6H,1,3H2. The highest BCUT2D eigenvalue weighted by Gasteiger charge is 2.39. The lowest BCUT2D eigenvalue weighted by Gasteiger charge is -1.95. The van der Waals surface area contributed by atoms with Crippen LogP contribution in [0.5, 0.6) is 0 Å². The maximum Gasteiger partial charge on any atom is 0.325 e. The summed E-state index contributed by atoms with van der Waals surface area (Å²) < 4.78 is 4.34. The van der Waals surface area contributed by atoms with E-state index in [1.54, 1.807) is 0 Å². The summed E-state index contributed by atoms with van der Waals surface area (Å²) in [5, 5.41) is 0. The van der Waals surface area contributed by atoms with Gasteiger partial charge in [-0.05, 0) is 6.08 Å². The van der Waals surface area contributed by atoms with E-state index in [1.807, 2.05) is 0 Å². The second kappa shape index (κ2) is 2.65. The zero-order valence-corrected chi connectivity index (χ0v) is 5.70. The molecule has 1 atom stereocenters. The topological polar surface area (TPSA) is 60.4 Å². The number of hydrogen-bond acceptors (Lipinski definition) is 4. The van der Waals surface area contributed by atoms with E-state index in [1.165, 1.54) is 0 Å². The molecule has 4 heteroatoms. The molecule has 0 amide bonds. The van der Waals surface area contributed by atoms with Crippen molar-refractivity contribution in [1.29, 1.82) is 0 Å². The first kappa shape index (κ1) is 7.65. The van der Waals surface area contributed by atoms with Crippen molar-refractivity contribution in [3.05, 3.63) is 12.7 Å². The number of hydrogen-bond donors (Lipinski definition) is 0. The Kier molecular flexibility index (Phi) is 1.85. The number of carbonyl (C=O) groups is 3. The Bertz CT molecular complexity index is 225. The Morgan fingerprint density at radius 2 is 2.27 bits per heavy atom. The number of ether oxygens (including phenoxy) is 1. The molecular formula is C7H6O4. The van der Waals surface area contributed by atoms with Gasteiger partial charge in [0.2, 0.25) is 0 Å². The average molecular weight is 154 g/mol. The summed E-state index contributed by atoms with van der Waals surface area (Å²) >= 11 is 0. The monoisotopic (exact) mass is 154 g/mol. The van der Waals surface area contributed by atoms with Gasteiger partial charge in [-0.2, -0.15) is 0 Å². The van der Waals surface area contributed by atoms with Crippen molar-refractivity contribution in [3.8, 4) is 0 Å². The largest absolute Gasteiger partial charge is 0.457 e. The van der Waals surface area contributed by atoms with Crippen LogP contribution in [0.4, 0.5) is 0 Å². The molecule has 11 heavy (non-hydrogen) atoms. The normalized spacial score (nSPS) is 23.1. The van der Waals surface area contributed by atoms with Crippen LogP contribution in [0, 0.1) is 5.92 Å². The van der Waals surface area contributed by atoms with Gasteiger partial charge < -0.3 is 4.74 Å². The van der Waals surface area contributed by atoms with Gasteiger partial charge >= 0.3 is 5.97 Å². The molecule has 0 saturated carbocycles. The fourth-order valence-electron chi connectivity index (χ4n) is 0.833. The summed E-state index contributed by atoms with van der Waals surface area (Å²) in [6.45, 7) is 2.88. The van der Waals surface area contributed by atoms with Gasteiger partial charge in [0.05, 0.1) is 0 Å². The van der Waals surface area contributed by atoms with Crippen molar-refractivity contribution >= 4 is 17.5 Å². The zero-order valence-electron chi connectivity index (χ0n) is 5.70. The first-order chi connectivity index (χ1) is 5.16. The molecule has 0 aromatic rings. The van der Waals surface area contributed by atoms with Gasteiger partial charge in [-0.3, -0.25) is 14.4 Å². The summed E-state index contributed by atoms with van der Waals surface area (Å²) in [4.78, 5) is 32.2. The number of esters is 1. The van der Waals surface area contributed by atoms with Crippen LogP contribution in [0.2, 0.25) is 0 Å². The van der Waals surface area contributed by atoms with Gasteiger partial charge in [-0.1, -0.05) is 6.58 Å². The van der Waals surface area contributed by atoms with Crippen LogP contribution in [-0.4, -0.2) is 24.1 Å². The minimum Gasteiger partial charge on any atom is -0.457 e. The third-order valence-electron chi connectivity index (χ3n) is 1.40. The van der Waals surface area contributed by atoms with E-state index in [4.69, 9.17) is 0 Å². The Balaban J connectivity index is 2.84. The van der Waals surface area contributed by atoms with E-state index < -0.39 is 23.5 Å². The van der Waals surface area contributed by atoms with Crippen molar-refractivity contribution in [3.63, 3.8) is 0 Å². The second-order valence-corrected chi connectivity index (χ2v) is 2.11. The molecule has 1 rings (SSSR count). The van der Waals surface area contributed by atoms with Gasteiger partial charge in [0.25, 0.3) is 0 Å². The molecule has 4 nitrogen and oxygen atoms in total. The van der Waals surface area contributed by atoms with Gasteiger partial charge in [-0.15, -0.1) is 0 Å². The molecule has 58 valence electrons. The zero-order chi connectivity index (χ0) is 8.43. The van der Waals surface area contributed by atoms with Crippen molar-refractivity contribution in [2.75, 3.05) is 6.61 Å². The lowest BCUT2D eigenvalue weighted by Crippen LogP contribution is -2.23. The van der Waals surface area contributed by atoms with Crippen molar-refractivity contribution < 1.29 is 19.1 Å². The molecule has 1 fully saturated rings. The molecule has 0 aromatic heterocycles. The quantitative estimate of drug-likeness (QED) is 0.305. The Hall–Kier alpha value is -1.45. The SMILES string of the molecule is C=CC(=O)C1C(=O)COC1=O. The Morgan fingerprint density at radius 3 is 2.64 bits per heavy atom. The lowest BCUT2D eigenvalue weighted by atomic mass is 10.0. The molecule has 0 bridgehead atoms. The highest BCUT2D eigenvalue weighted by atomic mass is 16.5. The maximum absolute atomic E-state index is 10.8. The van der Waals surface area contributed by atoms with E-state index in [2.05, 4.69) is 11.3 Å². The van der Waals surface area contributed by atoms with Gasteiger partial charge in [-0.25, -0.2) is 0 Å².